The molecule has 142 valence electrons. The molecular formula is C19H26N2O4S. The Morgan fingerprint density at radius 1 is 1.23 bits per heavy atom. The van der Waals surface area contributed by atoms with Gasteiger partial charge >= 0.3 is 5.97 Å². The molecule has 2 N–H and O–H groups in total. The van der Waals surface area contributed by atoms with Gasteiger partial charge in [0.15, 0.2) is 6.61 Å². The van der Waals surface area contributed by atoms with Crippen molar-refractivity contribution in [3.63, 3.8) is 0 Å². The van der Waals surface area contributed by atoms with Crippen molar-refractivity contribution in [2.45, 2.75) is 56.2 Å². The van der Waals surface area contributed by atoms with Crippen molar-refractivity contribution in [3.05, 3.63) is 24.3 Å². The van der Waals surface area contributed by atoms with E-state index in [0.717, 1.165) is 23.4 Å². The molecule has 26 heavy (non-hydrogen) atoms. The second kappa shape index (κ2) is 9.62. The number of benzene rings is 1. The van der Waals surface area contributed by atoms with E-state index in [9.17, 15) is 14.4 Å². The molecule has 0 aliphatic carbocycles. The summed E-state index contributed by atoms with van der Waals surface area (Å²) in [6, 6.07) is 7.47. The summed E-state index contributed by atoms with van der Waals surface area (Å²) in [6.45, 7) is 5.88. The predicted molar refractivity (Wildman–Crippen MR) is 102 cm³/mol. The summed E-state index contributed by atoms with van der Waals surface area (Å²) < 4.78 is 5.03. The van der Waals surface area contributed by atoms with Crippen molar-refractivity contribution in [1.82, 2.24) is 5.32 Å². The number of hydrogen-bond acceptors (Lipinski definition) is 5. The maximum atomic E-state index is 12.1. The van der Waals surface area contributed by atoms with Crippen LogP contribution in [0.4, 0.5) is 5.69 Å². The number of amides is 2. The number of ether oxygens (including phenoxy) is 1. The summed E-state index contributed by atoms with van der Waals surface area (Å²) in [5.41, 5.74) is 0.752. The number of thioether (sulfide) groups is 1. The van der Waals surface area contributed by atoms with Gasteiger partial charge in [0, 0.05) is 10.9 Å². The molecule has 1 aromatic carbocycles. The minimum Gasteiger partial charge on any atom is -0.456 e. The van der Waals surface area contributed by atoms with Crippen molar-refractivity contribution in [2.75, 3.05) is 11.9 Å². The van der Waals surface area contributed by atoms with Gasteiger partial charge in [0.1, 0.15) is 0 Å². The number of para-hydroxylation sites is 1. The third kappa shape index (κ3) is 6.37. The van der Waals surface area contributed by atoms with Crippen LogP contribution in [0.2, 0.25) is 0 Å². The van der Waals surface area contributed by atoms with Gasteiger partial charge in [-0.2, -0.15) is 0 Å². The van der Waals surface area contributed by atoms with Crippen molar-refractivity contribution < 1.29 is 19.1 Å². The second-order valence-electron chi connectivity index (χ2n) is 6.90. The van der Waals surface area contributed by atoms with Crippen LogP contribution in [0.3, 0.4) is 0 Å². The van der Waals surface area contributed by atoms with E-state index < -0.39 is 11.2 Å². The molecule has 0 aromatic heterocycles. The summed E-state index contributed by atoms with van der Waals surface area (Å²) >= 11 is 1.33. The maximum Gasteiger partial charge on any atom is 0.307 e. The Kier molecular flexibility index (Phi) is 7.50. The monoisotopic (exact) mass is 378 g/mol. The second-order valence-corrected chi connectivity index (χ2v) is 8.14. The van der Waals surface area contributed by atoms with E-state index in [0.29, 0.717) is 5.92 Å². The zero-order chi connectivity index (χ0) is 19.1. The largest absolute Gasteiger partial charge is 0.456 e. The molecule has 0 radical (unpaired) electrons. The first kappa shape index (κ1) is 20.3. The molecule has 1 aliphatic rings. The third-order valence-corrected chi connectivity index (χ3v) is 5.28. The van der Waals surface area contributed by atoms with E-state index in [4.69, 9.17) is 4.74 Å². The third-order valence-electron chi connectivity index (χ3n) is 4.01. The first-order chi connectivity index (χ1) is 12.3. The molecular weight excluding hydrogens is 352 g/mol. The molecule has 0 spiro atoms. The Labute approximate surface area is 158 Å². The van der Waals surface area contributed by atoms with Crippen LogP contribution in [0.25, 0.3) is 0 Å². The minimum atomic E-state index is -0.554. The predicted octanol–water partition coefficient (Wildman–Crippen LogP) is 2.97. The van der Waals surface area contributed by atoms with Gasteiger partial charge in [-0.05, 0) is 37.8 Å². The molecule has 0 unspecified atom stereocenters. The van der Waals surface area contributed by atoms with Crippen LogP contribution < -0.4 is 10.6 Å². The average Bonchev–Trinajstić information content (AvgIpc) is 2.59. The quantitative estimate of drug-likeness (QED) is 0.680. The van der Waals surface area contributed by atoms with Gasteiger partial charge in [0.25, 0.3) is 5.91 Å². The highest BCUT2D eigenvalue weighted by Gasteiger charge is 2.29. The number of carbonyl (C=O) groups excluding carboxylic acids is 3. The zero-order valence-corrected chi connectivity index (χ0v) is 16.2. The van der Waals surface area contributed by atoms with Gasteiger partial charge in [-0.1, -0.05) is 26.0 Å². The van der Waals surface area contributed by atoms with E-state index >= 15 is 0 Å². The van der Waals surface area contributed by atoms with Crippen LogP contribution in [-0.2, 0) is 19.1 Å². The van der Waals surface area contributed by atoms with Gasteiger partial charge in [0.05, 0.1) is 17.4 Å². The number of esters is 1. The Balaban J connectivity index is 1.73. The van der Waals surface area contributed by atoms with Crippen LogP contribution >= 0.6 is 11.8 Å². The Morgan fingerprint density at radius 2 is 1.96 bits per heavy atom. The van der Waals surface area contributed by atoms with E-state index in [1.54, 1.807) is 0 Å². The van der Waals surface area contributed by atoms with Crippen LogP contribution in [-0.4, -0.2) is 35.7 Å². The summed E-state index contributed by atoms with van der Waals surface area (Å²) in [4.78, 5) is 36.8. The number of nitrogens with one attached hydrogen (secondary N) is 2. The molecule has 2 amide bonds. The fourth-order valence-electron chi connectivity index (χ4n) is 2.56. The molecule has 1 aromatic rings. The molecule has 0 bridgehead atoms. The van der Waals surface area contributed by atoms with E-state index in [-0.39, 0.29) is 30.9 Å². The van der Waals surface area contributed by atoms with Crippen LogP contribution in [0.1, 0.15) is 40.0 Å². The first-order valence-electron chi connectivity index (χ1n) is 8.86. The lowest BCUT2D eigenvalue weighted by molar-refractivity contribution is -0.149. The van der Waals surface area contributed by atoms with E-state index in [1.165, 1.54) is 11.8 Å². The lowest BCUT2D eigenvalue weighted by atomic mass is 10.0. The molecule has 2 atom stereocenters. The lowest BCUT2D eigenvalue weighted by Crippen LogP contribution is -2.37. The molecule has 1 heterocycles. The molecule has 6 nitrogen and oxygen atoms in total. The van der Waals surface area contributed by atoms with Gasteiger partial charge in [-0.3, -0.25) is 14.4 Å². The van der Waals surface area contributed by atoms with Crippen molar-refractivity contribution >= 4 is 35.2 Å². The Morgan fingerprint density at radius 3 is 2.69 bits per heavy atom. The molecule has 1 aliphatic heterocycles. The number of fused-ring (bicyclic) bond motifs is 1. The molecule has 2 rings (SSSR count). The SMILES string of the molecule is CC(C)CC[C@@H](C)NC(=O)COC(=O)C[C@@H]1Sc2ccccc2NC1=O. The van der Waals surface area contributed by atoms with Crippen LogP contribution in [0.5, 0.6) is 0 Å². The van der Waals surface area contributed by atoms with Crippen LogP contribution in [0.15, 0.2) is 29.2 Å². The fourth-order valence-corrected chi connectivity index (χ4v) is 3.65. The number of rotatable bonds is 8. The number of carbonyl (C=O) groups is 3. The summed E-state index contributed by atoms with van der Waals surface area (Å²) in [5, 5.41) is 5.05. The van der Waals surface area contributed by atoms with Gasteiger partial charge in [-0.15, -0.1) is 11.8 Å². The molecule has 0 saturated carbocycles. The van der Waals surface area contributed by atoms with E-state index in [1.807, 2.05) is 31.2 Å². The minimum absolute atomic E-state index is 0.0415. The summed E-state index contributed by atoms with van der Waals surface area (Å²) in [7, 11) is 0. The van der Waals surface area contributed by atoms with Crippen LogP contribution in [0, 0.1) is 5.92 Å². The van der Waals surface area contributed by atoms with Gasteiger partial charge in [-0.25, -0.2) is 0 Å². The number of hydrogen-bond donors (Lipinski definition) is 2. The highest BCUT2D eigenvalue weighted by Crippen LogP contribution is 2.36. The van der Waals surface area contributed by atoms with Gasteiger partial charge in [0.2, 0.25) is 5.91 Å². The zero-order valence-electron chi connectivity index (χ0n) is 15.4. The van der Waals surface area contributed by atoms with Crippen molar-refractivity contribution in [1.29, 1.82) is 0 Å². The maximum absolute atomic E-state index is 12.1. The lowest BCUT2D eigenvalue weighted by Gasteiger charge is -2.23. The standard InChI is InChI=1S/C19H26N2O4S/c1-12(2)8-9-13(3)20-17(22)11-25-18(23)10-16-19(24)21-14-6-4-5-7-15(14)26-16/h4-7,12-13,16H,8-11H2,1-3H3,(H,20,22)(H,21,24)/t13-,16+/m1/s1. The number of anilines is 1. The van der Waals surface area contributed by atoms with Crippen molar-refractivity contribution in [2.24, 2.45) is 5.92 Å². The average molecular weight is 378 g/mol. The normalized spacial score (nSPS) is 17.2. The Hall–Kier alpha value is -2.02. The highest BCUT2D eigenvalue weighted by atomic mass is 32.2. The topological polar surface area (TPSA) is 84.5 Å². The molecule has 0 fully saturated rings. The van der Waals surface area contributed by atoms with E-state index in [2.05, 4.69) is 24.5 Å². The smallest absolute Gasteiger partial charge is 0.307 e. The molecule has 7 heteroatoms. The molecule has 0 saturated heterocycles. The van der Waals surface area contributed by atoms with Gasteiger partial charge < -0.3 is 15.4 Å². The fraction of sp³-hybridized carbons (Fsp3) is 0.526. The van der Waals surface area contributed by atoms with Crippen molar-refractivity contribution in [3.8, 4) is 0 Å². The Bertz CT molecular complexity index is 663. The summed E-state index contributed by atoms with van der Waals surface area (Å²) in [6.07, 6.45) is 1.84. The first-order valence-corrected chi connectivity index (χ1v) is 9.74. The highest BCUT2D eigenvalue weighted by molar-refractivity contribution is 8.01. The summed E-state index contributed by atoms with van der Waals surface area (Å²) in [5.74, 6) is -0.517.